The predicted molar refractivity (Wildman–Crippen MR) is 56.4 cm³/mol. The number of ether oxygens (including phenoxy) is 1. The maximum Gasteiger partial charge on any atom is 0.0748 e. The van der Waals surface area contributed by atoms with Gasteiger partial charge in [0.05, 0.1) is 23.5 Å². The van der Waals surface area contributed by atoms with Crippen LogP contribution in [0.4, 0.5) is 5.69 Å². The van der Waals surface area contributed by atoms with Crippen LogP contribution in [0.1, 0.15) is 19.0 Å². The summed E-state index contributed by atoms with van der Waals surface area (Å²) >= 11 is 0. The Labute approximate surface area is 84.5 Å². The largest absolute Gasteiger partial charge is 0.378 e. The highest BCUT2D eigenvalue weighted by Crippen LogP contribution is 2.19. The number of hydrogen-bond acceptors (Lipinski definition) is 3. The SMILES string of the molecule is Cc1ncccc1N[C@H]1CCO[C@H]1C. The molecule has 2 rings (SSSR count). The van der Waals surface area contributed by atoms with E-state index in [1.54, 1.807) is 0 Å². The predicted octanol–water partition coefficient (Wildman–Crippen LogP) is 1.98. The number of hydrogen-bond donors (Lipinski definition) is 1. The highest BCUT2D eigenvalue weighted by Gasteiger charge is 2.24. The second-order valence-electron chi connectivity index (χ2n) is 3.75. The second kappa shape index (κ2) is 3.96. The number of anilines is 1. The van der Waals surface area contributed by atoms with E-state index in [4.69, 9.17) is 4.74 Å². The summed E-state index contributed by atoms with van der Waals surface area (Å²) in [6, 6.07) is 4.45. The molecule has 1 aliphatic rings. The summed E-state index contributed by atoms with van der Waals surface area (Å²) in [4.78, 5) is 4.24. The summed E-state index contributed by atoms with van der Waals surface area (Å²) in [6.07, 6.45) is 3.19. The van der Waals surface area contributed by atoms with E-state index in [0.29, 0.717) is 12.1 Å². The van der Waals surface area contributed by atoms with Crippen LogP contribution in [0.15, 0.2) is 18.3 Å². The lowest BCUT2D eigenvalue weighted by atomic mass is 10.1. The lowest BCUT2D eigenvalue weighted by Gasteiger charge is -2.18. The van der Waals surface area contributed by atoms with Crippen LogP contribution >= 0.6 is 0 Å². The third-order valence-corrected chi connectivity index (χ3v) is 2.72. The van der Waals surface area contributed by atoms with Gasteiger partial charge < -0.3 is 10.1 Å². The van der Waals surface area contributed by atoms with E-state index in [0.717, 1.165) is 24.4 Å². The van der Waals surface area contributed by atoms with Gasteiger partial charge >= 0.3 is 0 Å². The molecule has 1 aromatic rings. The molecule has 14 heavy (non-hydrogen) atoms. The Morgan fingerprint density at radius 3 is 3.07 bits per heavy atom. The van der Waals surface area contributed by atoms with Crippen LogP contribution in [0.25, 0.3) is 0 Å². The average molecular weight is 192 g/mol. The number of aromatic nitrogens is 1. The monoisotopic (exact) mass is 192 g/mol. The van der Waals surface area contributed by atoms with E-state index in [9.17, 15) is 0 Å². The highest BCUT2D eigenvalue weighted by molar-refractivity contribution is 5.47. The third-order valence-electron chi connectivity index (χ3n) is 2.72. The number of aryl methyl sites for hydroxylation is 1. The minimum atomic E-state index is 0.301. The smallest absolute Gasteiger partial charge is 0.0748 e. The molecule has 2 heterocycles. The number of nitrogens with one attached hydrogen (secondary N) is 1. The summed E-state index contributed by atoms with van der Waals surface area (Å²) in [7, 11) is 0. The summed E-state index contributed by atoms with van der Waals surface area (Å²) in [5, 5.41) is 3.47. The molecule has 76 valence electrons. The minimum Gasteiger partial charge on any atom is -0.378 e. The Morgan fingerprint density at radius 1 is 1.57 bits per heavy atom. The maximum absolute atomic E-state index is 5.49. The Balaban J connectivity index is 2.07. The quantitative estimate of drug-likeness (QED) is 0.778. The zero-order valence-corrected chi connectivity index (χ0v) is 8.66. The van der Waals surface area contributed by atoms with Gasteiger partial charge in [-0.3, -0.25) is 4.98 Å². The lowest BCUT2D eigenvalue weighted by Crippen LogP contribution is -2.27. The van der Waals surface area contributed by atoms with E-state index in [2.05, 4.69) is 23.3 Å². The van der Waals surface area contributed by atoms with Gasteiger partial charge in [0.15, 0.2) is 0 Å². The van der Waals surface area contributed by atoms with Crippen molar-refractivity contribution in [2.45, 2.75) is 32.4 Å². The van der Waals surface area contributed by atoms with Crippen molar-refractivity contribution in [1.29, 1.82) is 0 Å². The standard InChI is InChI=1S/C11H16N2O/c1-8-10(4-3-6-12-8)13-11-5-7-14-9(11)2/h3-4,6,9,11,13H,5,7H2,1-2H3/t9-,11-/m0/s1. The van der Waals surface area contributed by atoms with E-state index in [1.807, 2.05) is 19.2 Å². The molecule has 0 aromatic carbocycles. The first-order valence-corrected chi connectivity index (χ1v) is 5.07. The van der Waals surface area contributed by atoms with Crippen LogP contribution in [0.2, 0.25) is 0 Å². The number of rotatable bonds is 2. The summed E-state index contributed by atoms with van der Waals surface area (Å²) in [5.74, 6) is 0. The van der Waals surface area contributed by atoms with Gasteiger partial charge in [0.25, 0.3) is 0 Å². The van der Waals surface area contributed by atoms with Crippen molar-refractivity contribution in [3.8, 4) is 0 Å². The first-order chi connectivity index (χ1) is 6.77. The molecule has 1 aromatic heterocycles. The molecule has 0 aliphatic carbocycles. The molecule has 2 atom stereocenters. The zero-order valence-electron chi connectivity index (χ0n) is 8.66. The summed E-state index contributed by atoms with van der Waals surface area (Å²) in [5.41, 5.74) is 2.17. The van der Waals surface area contributed by atoms with Crippen molar-refractivity contribution in [1.82, 2.24) is 4.98 Å². The molecular formula is C11H16N2O. The van der Waals surface area contributed by atoms with Crippen molar-refractivity contribution in [2.75, 3.05) is 11.9 Å². The van der Waals surface area contributed by atoms with Gasteiger partial charge in [-0.1, -0.05) is 0 Å². The maximum atomic E-state index is 5.49. The van der Waals surface area contributed by atoms with E-state index in [-0.39, 0.29) is 0 Å². The molecule has 0 bridgehead atoms. The molecule has 0 spiro atoms. The third kappa shape index (κ3) is 1.87. The molecule has 0 saturated carbocycles. The van der Waals surface area contributed by atoms with E-state index < -0.39 is 0 Å². The Hall–Kier alpha value is -1.09. The number of pyridine rings is 1. The van der Waals surface area contributed by atoms with Crippen molar-refractivity contribution in [3.63, 3.8) is 0 Å². The molecule has 1 N–H and O–H groups in total. The molecule has 0 unspecified atom stereocenters. The zero-order chi connectivity index (χ0) is 9.97. The lowest BCUT2D eigenvalue weighted by molar-refractivity contribution is 0.121. The van der Waals surface area contributed by atoms with Crippen LogP contribution in [0, 0.1) is 6.92 Å². The molecule has 1 saturated heterocycles. The first kappa shape index (κ1) is 9.46. The molecule has 3 nitrogen and oxygen atoms in total. The first-order valence-electron chi connectivity index (χ1n) is 5.07. The number of nitrogens with zero attached hydrogens (tertiary/aromatic N) is 1. The van der Waals surface area contributed by atoms with Gasteiger partial charge in [-0.25, -0.2) is 0 Å². The minimum absolute atomic E-state index is 0.301. The van der Waals surface area contributed by atoms with E-state index in [1.165, 1.54) is 0 Å². The summed E-state index contributed by atoms with van der Waals surface area (Å²) in [6.45, 7) is 4.98. The fourth-order valence-electron chi connectivity index (χ4n) is 1.76. The van der Waals surface area contributed by atoms with Crippen molar-refractivity contribution < 1.29 is 4.74 Å². The van der Waals surface area contributed by atoms with Crippen LogP contribution in [-0.4, -0.2) is 23.7 Å². The van der Waals surface area contributed by atoms with Crippen molar-refractivity contribution >= 4 is 5.69 Å². The fraction of sp³-hybridized carbons (Fsp3) is 0.545. The van der Waals surface area contributed by atoms with Gasteiger partial charge in [0.2, 0.25) is 0 Å². The molecule has 0 radical (unpaired) electrons. The highest BCUT2D eigenvalue weighted by atomic mass is 16.5. The van der Waals surface area contributed by atoms with Crippen LogP contribution in [0.5, 0.6) is 0 Å². The van der Waals surface area contributed by atoms with Crippen LogP contribution in [-0.2, 0) is 4.74 Å². The molecule has 1 fully saturated rings. The Morgan fingerprint density at radius 2 is 2.43 bits per heavy atom. The Bertz CT molecular complexity index is 314. The van der Waals surface area contributed by atoms with Crippen LogP contribution < -0.4 is 5.32 Å². The Kier molecular flexibility index (Phi) is 2.68. The van der Waals surface area contributed by atoms with Gasteiger partial charge in [-0.2, -0.15) is 0 Å². The topological polar surface area (TPSA) is 34.2 Å². The van der Waals surface area contributed by atoms with Gasteiger partial charge in [0, 0.05) is 12.8 Å². The van der Waals surface area contributed by atoms with Gasteiger partial charge in [0.1, 0.15) is 0 Å². The molecular weight excluding hydrogens is 176 g/mol. The van der Waals surface area contributed by atoms with Crippen molar-refractivity contribution in [2.24, 2.45) is 0 Å². The molecule has 1 aliphatic heterocycles. The second-order valence-corrected chi connectivity index (χ2v) is 3.75. The molecule has 3 heteroatoms. The molecule has 0 amide bonds. The van der Waals surface area contributed by atoms with Crippen LogP contribution in [0.3, 0.4) is 0 Å². The van der Waals surface area contributed by atoms with E-state index >= 15 is 0 Å². The van der Waals surface area contributed by atoms with Gasteiger partial charge in [-0.05, 0) is 32.4 Å². The average Bonchev–Trinajstić information content (AvgIpc) is 2.56. The normalized spacial score (nSPS) is 26.4. The van der Waals surface area contributed by atoms with Gasteiger partial charge in [-0.15, -0.1) is 0 Å². The summed E-state index contributed by atoms with van der Waals surface area (Å²) < 4.78 is 5.49. The fourth-order valence-corrected chi connectivity index (χ4v) is 1.76. The van der Waals surface area contributed by atoms with Crippen molar-refractivity contribution in [3.05, 3.63) is 24.0 Å².